The quantitative estimate of drug-likeness (QED) is 0.906. The van der Waals surface area contributed by atoms with Gasteiger partial charge in [0.15, 0.2) is 0 Å². The maximum atomic E-state index is 6.05. The molecule has 1 saturated carbocycles. The minimum Gasteiger partial charge on any atom is -0.329 e. The van der Waals surface area contributed by atoms with Crippen molar-refractivity contribution in [2.24, 2.45) is 11.7 Å². The molecule has 0 heterocycles. The standard InChI is InChI=1S/C15H23ClN2/c1-12-7-8-15(9-12,11-17)18(2)10-13-3-5-14(16)6-4-13/h3-6,12H,7-11,17H2,1-2H3. The van der Waals surface area contributed by atoms with Crippen molar-refractivity contribution in [2.75, 3.05) is 13.6 Å². The Kier molecular flexibility index (Phi) is 4.31. The highest BCUT2D eigenvalue weighted by atomic mass is 35.5. The first-order chi connectivity index (χ1) is 8.55. The van der Waals surface area contributed by atoms with Gasteiger partial charge >= 0.3 is 0 Å². The van der Waals surface area contributed by atoms with Gasteiger partial charge in [-0.2, -0.15) is 0 Å². The van der Waals surface area contributed by atoms with Crippen molar-refractivity contribution in [3.8, 4) is 0 Å². The van der Waals surface area contributed by atoms with Gasteiger partial charge in [0.05, 0.1) is 0 Å². The highest BCUT2D eigenvalue weighted by Gasteiger charge is 2.39. The molecule has 18 heavy (non-hydrogen) atoms. The molecule has 2 N–H and O–H groups in total. The Balaban J connectivity index is 2.06. The lowest BCUT2D eigenvalue weighted by Gasteiger charge is -2.38. The van der Waals surface area contributed by atoms with Gasteiger partial charge in [0.25, 0.3) is 0 Å². The van der Waals surface area contributed by atoms with Crippen LogP contribution in [0.5, 0.6) is 0 Å². The molecule has 1 aromatic carbocycles. The van der Waals surface area contributed by atoms with Crippen LogP contribution in [-0.2, 0) is 6.54 Å². The Bertz CT molecular complexity index is 390. The molecule has 0 aliphatic heterocycles. The summed E-state index contributed by atoms with van der Waals surface area (Å²) in [4.78, 5) is 2.43. The van der Waals surface area contributed by atoms with Crippen LogP contribution in [0.15, 0.2) is 24.3 Å². The van der Waals surface area contributed by atoms with Crippen molar-refractivity contribution in [3.05, 3.63) is 34.9 Å². The summed E-state index contributed by atoms with van der Waals surface area (Å²) in [6.07, 6.45) is 3.73. The largest absolute Gasteiger partial charge is 0.329 e. The van der Waals surface area contributed by atoms with Crippen molar-refractivity contribution >= 4 is 11.6 Å². The van der Waals surface area contributed by atoms with Crippen LogP contribution in [-0.4, -0.2) is 24.0 Å². The molecule has 0 amide bonds. The number of hydrogen-bond donors (Lipinski definition) is 1. The Morgan fingerprint density at radius 3 is 2.56 bits per heavy atom. The fourth-order valence-corrected chi connectivity index (χ4v) is 3.21. The zero-order valence-corrected chi connectivity index (χ0v) is 12.1. The van der Waals surface area contributed by atoms with Crippen molar-refractivity contribution in [1.82, 2.24) is 4.90 Å². The first kappa shape index (κ1) is 13.9. The number of halogens is 1. The molecule has 2 rings (SSSR count). The minimum absolute atomic E-state index is 0.194. The summed E-state index contributed by atoms with van der Waals surface area (Å²) >= 11 is 5.92. The summed E-state index contributed by atoms with van der Waals surface area (Å²) in [5, 5.41) is 0.796. The highest BCUT2D eigenvalue weighted by molar-refractivity contribution is 6.30. The van der Waals surface area contributed by atoms with E-state index in [2.05, 4.69) is 31.0 Å². The van der Waals surface area contributed by atoms with Gasteiger partial charge in [0, 0.05) is 23.7 Å². The average molecular weight is 267 g/mol. The molecule has 0 saturated heterocycles. The maximum absolute atomic E-state index is 6.05. The number of nitrogens with zero attached hydrogens (tertiary/aromatic N) is 1. The molecule has 0 aromatic heterocycles. The van der Waals surface area contributed by atoms with Gasteiger partial charge in [-0.05, 0) is 49.9 Å². The fraction of sp³-hybridized carbons (Fsp3) is 0.600. The van der Waals surface area contributed by atoms with Crippen LogP contribution in [0.25, 0.3) is 0 Å². The smallest absolute Gasteiger partial charge is 0.0406 e. The van der Waals surface area contributed by atoms with E-state index in [1.54, 1.807) is 0 Å². The average Bonchev–Trinajstić information content (AvgIpc) is 2.75. The molecule has 3 heteroatoms. The Hall–Kier alpha value is -0.570. The van der Waals surface area contributed by atoms with Gasteiger partial charge in [0.1, 0.15) is 0 Å². The van der Waals surface area contributed by atoms with Crippen LogP contribution in [0.3, 0.4) is 0 Å². The Morgan fingerprint density at radius 2 is 2.06 bits per heavy atom. The van der Waals surface area contributed by atoms with Crippen molar-refractivity contribution in [2.45, 2.75) is 38.3 Å². The molecule has 1 fully saturated rings. The van der Waals surface area contributed by atoms with Crippen molar-refractivity contribution in [3.63, 3.8) is 0 Å². The van der Waals surface area contributed by atoms with Gasteiger partial charge in [-0.25, -0.2) is 0 Å². The fourth-order valence-electron chi connectivity index (χ4n) is 3.09. The van der Waals surface area contributed by atoms with E-state index in [1.165, 1.54) is 24.8 Å². The summed E-state index contributed by atoms with van der Waals surface area (Å²) in [6, 6.07) is 8.11. The van der Waals surface area contributed by atoms with Crippen LogP contribution in [0.1, 0.15) is 31.7 Å². The van der Waals surface area contributed by atoms with E-state index in [0.29, 0.717) is 0 Å². The molecular formula is C15H23ClN2. The number of benzene rings is 1. The molecule has 0 spiro atoms. The summed E-state index contributed by atoms with van der Waals surface area (Å²) in [5.74, 6) is 0.793. The van der Waals surface area contributed by atoms with Crippen LogP contribution < -0.4 is 5.73 Å². The number of nitrogens with two attached hydrogens (primary N) is 1. The molecule has 1 aliphatic rings. The van der Waals surface area contributed by atoms with E-state index in [1.807, 2.05) is 12.1 Å². The number of likely N-dealkylation sites (N-methyl/N-ethyl adjacent to an activating group) is 1. The zero-order chi connectivity index (χ0) is 13.2. The molecule has 1 aliphatic carbocycles. The van der Waals surface area contributed by atoms with Crippen LogP contribution in [0.2, 0.25) is 5.02 Å². The topological polar surface area (TPSA) is 29.3 Å². The summed E-state index contributed by atoms with van der Waals surface area (Å²) in [6.45, 7) is 4.02. The molecule has 0 radical (unpaired) electrons. The number of rotatable bonds is 4. The van der Waals surface area contributed by atoms with E-state index < -0.39 is 0 Å². The molecule has 2 nitrogen and oxygen atoms in total. The first-order valence-corrected chi connectivity index (χ1v) is 7.09. The van der Waals surface area contributed by atoms with E-state index in [0.717, 1.165) is 24.0 Å². The van der Waals surface area contributed by atoms with E-state index in [4.69, 9.17) is 17.3 Å². The van der Waals surface area contributed by atoms with E-state index in [9.17, 15) is 0 Å². The third-order valence-corrected chi connectivity index (χ3v) is 4.61. The second-order valence-electron chi connectivity index (χ2n) is 5.76. The molecular weight excluding hydrogens is 244 g/mol. The third-order valence-electron chi connectivity index (χ3n) is 4.35. The second kappa shape index (κ2) is 5.60. The SMILES string of the molecule is CC1CCC(CN)(N(C)Cc2ccc(Cl)cc2)C1. The Morgan fingerprint density at radius 1 is 1.39 bits per heavy atom. The van der Waals surface area contributed by atoms with Crippen LogP contribution >= 0.6 is 11.6 Å². The van der Waals surface area contributed by atoms with Gasteiger partial charge in [-0.1, -0.05) is 30.7 Å². The maximum Gasteiger partial charge on any atom is 0.0406 e. The molecule has 0 bridgehead atoms. The summed E-state index contributed by atoms with van der Waals surface area (Å²) in [5.41, 5.74) is 7.54. The normalized spacial score (nSPS) is 27.9. The van der Waals surface area contributed by atoms with Gasteiger partial charge < -0.3 is 5.73 Å². The molecule has 100 valence electrons. The lowest BCUT2D eigenvalue weighted by molar-refractivity contribution is 0.120. The zero-order valence-electron chi connectivity index (χ0n) is 11.3. The highest BCUT2D eigenvalue weighted by Crippen LogP contribution is 2.38. The van der Waals surface area contributed by atoms with Crippen LogP contribution in [0.4, 0.5) is 0 Å². The molecule has 1 aromatic rings. The van der Waals surface area contributed by atoms with Gasteiger partial charge in [-0.3, -0.25) is 4.90 Å². The van der Waals surface area contributed by atoms with Crippen molar-refractivity contribution < 1.29 is 0 Å². The second-order valence-corrected chi connectivity index (χ2v) is 6.20. The van der Waals surface area contributed by atoms with E-state index >= 15 is 0 Å². The Labute approximate surface area is 115 Å². The first-order valence-electron chi connectivity index (χ1n) is 6.71. The third kappa shape index (κ3) is 2.87. The molecule has 2 unspecified atom stereocenters. The molecule has 2 atom stereocenters. The lowest BCUT2D eigenvalue weighted by atomic mass is 9.94. The summed E-state index contributed by atoms with van der Waals surface area (Å²) in [7, 11) is 2.19. The number of hydrogen-bond acceptors (Lipinski definition) is 2. The predicted molar refractivity (Wildman–Crippen MR) is 77.7 cm³/mol. The van der Waals surface area contributed by atoms with Gasteiger partial charge in [-0.15, -0.1) is 0 Å². The monoisotopic (exact) mass is 266 g/mol. The van der Waals surface area contributed by atoms with Crippen molar-refractivity contribution in [1.29, 1.82) is 0 Å². The summed E-state index contributed by atoms with van der Waals surface area (Å²) < 4.78 is 0. The predicted octanol–water partition coefficient (Wildman–Crippen LogP) is 3.29. The lowest BCUT2D eigenvalue weighted by Crippen LogP contribution is -2.49. The van der Waals surface area contributed by atoms with E-state index in [-0.39, 0.29) is 5.54 Å². The minimum atomic E-state index is 0.194. The van der Waals surface area contributed by atoms with Crippen LogP contribution in [0, 0.1) is 5.92 Å². The van der Waals surface area contributed by atoms with Gasteiger partial charge in [0.2, 0.25) is 0 Å².